The van der Waals surface area contributed by atoms with Gasteiger partial charge in [0.05, 0.1) is 0 Å². The SMILES string of the molecule is CC(=O)N1CCN(C/C=C/c2ccccc2)CC1.Cl. The maximum atomic E-state index is 11.2. The van der Waals surface area contributed by atoms with Crippen molar-refractivity contribution in [1.29, 1.82) is 0 Å². The Labute approximate surface area is 121 Å². The molecule has 0 aliphatic carbocycles. The number of rotatable bonds is 3. The quantitative estimate of drug-likeness (QED) is 0.848. The molecular formula is C15H21ClN2O. The van der Waals surface area contributed by atoms with Crippen molar-refractivity contribution in [3.8, 4) is 0 Å². The molecule has 104 valence electrons. The van der Waals surface area contributed by atoms with Gasteiger partial charge in [-0.3, -0.25) is 9.69 Å². The first-order chi connectivity index (χ1) is 8.75. The van der Waals surface area contributed by atoms with Crippen LogP contribution in [0.25, 0.3) is 6.08 Å². The maximum Gasteiger partial charge on any atom is 0.219 e. The van der Waals surface area contributed by atoms with Gasteiger partial charge in [-0.1, -0.05) is 42.5 Å². The summed E-state index contributed by atoms with van der Waals surface area (Å²) in [6, 6.07) is 10.3. The Balaban J connectivity index is 0.00000180. The Morgan fingerprint density at radius 1 is 1.16 bits per heavy atom. The highest BCUT2D eigenvalue weighted by atomic mass is 35.5. The molecule has 1 aromatic carbocycles. The van der Waals surface area contributed by atoms with Gasteiger partial charge >= 0.3 is 0 Å². The summed E-state index contributed by atoms with van der Waals surface area (Å²) in [5, 5.41) is 0. The van der Waals surface area contributed by atoms with Crippen LogP contribution < -0.4 is 0 Å². The van der Waals surface area contributed by atoms with Crippen LogP contribution in [0.4, 0.5) is 0 Å². The third-order valence-corrected chi connectivity index (χ3v) is 3.29. The lowest BCUT2D eigenvalue weighted by Gasteiger charge is -2.33. The molecular weight excluding hydrogens is 260 g/mol. The van der Waals surface area contributed by atoms with Crippen molar-refractivity contribution < 1.29 is 4.79 Å². The number of piperazine rings is 1. The first-order valence-electron chi connectivity index (χ1n) is 6.45. The van der Waals surface area contributed by atoms with E-state index in [2.05, 4.69) is 29.2 Å². The second-order valence-corrected chi connectivity index (χ2v) is 4.62. The minimum Gasteiger partial charge on any atom is -0.340 e. The van der Waals surface area contributed by atoms with Crippen LogP contribution in [0.5, 0.6) is 0 Å². The first-order valence-corrected chi connectivity index (χ1v) is 6.45. The summed E-state index contributed by atoms with van der Waals surface area (Å²) in [7, 11) is 0. The van der Waals surface area contributed by atoms with Crippen LogP contribution in [0.2, 0.25) is 0 Å². The van der Waals surface area contributed by atoms with Crippen molar-refractivity contribution in [2.24, 2.45) is 0 Å². The van der Waals surface area contributed by atoms with Gasteiger partial charge in [0.25, 0.3) is 0 Å². The molecule has 0 bridgehead atoms. The average molecular weight is 281 g/mol. The third-order valence-electron chi connectivity index (χ3n) is 3.29. The van der Waals surface area contributed by atoms with Gasteiger partial charge < -0.3 is 4.90 Å². The highest BCUT2D eigenvalue weighted by Crippen LogP contribution is 2.04. The van der Waals surface area contributed by atoms with Crippen LogP contribution >= 0.6 is 12.4 Å². The summed E-state index contributed by atoms with van der Waals surface area (Å²) in [6.45, 7) is 6.26. The molecule has 0 spiro atoms. The molecule has 0 aromatic heterocycles. The van der Waals surface area contributed by atoms with Crippen molar-refractivity contribution >= 4 is 24.4 Å². The van der Waals surface area contributed by atoms with Gasteiger partial charge in [0.15, 0.2) is 0 Å². The number of amides is 1. The highest BCUT2D eigenvalue weighted by molar-refractivity contribution is 5.85. The maximum absolute atomic E-state index is 11.2. The van der Waals surface area contributed by atoms with Crippen molar-refractivity contribution in [1.82, 2.24) is 9.80 Å². The summed E-state index contributed by atoms with van der Waals surface area (Å²) < 4.78 is 0. The predicted molar refractivity (Wildman–Crippen MR) is 81.4 cm³/mol. The Morgan fingerprint density at radius 3 is 2.37 bits per heavy atom. The van der Waals surface area contributed by atoms with Crippen molar-refractivity contribution in [2.75, 3.05) is 32.7 Å². The lowest BCUT2D eigenvalue weighted by Crippen LogP contribution is -2.47. The standard InChI is InChI=1S/C15H20N2O.ClH/c1-14(18)17-12-10-16(11-13-17)9-5-8-15-6-3-2-4-7-15;/h2-8H,9-13H2,1H3;1H/b8-5+;. The number of carbonyl (C=O) groups excluding carboxylic acids is 1. The Kier molecular flexibility index (Phi) is 6.60. The van der Waals surface area contributed by atoms with Gasteiger partial charge in [0.2, 0.25) is 5.91 Å². The number of hydrogen-bond donors (Lipinski definition) is 0. The lowest BCUT2D eigenvalue weighted by molar-refractivity contribution is -0.130. The van der Waals surface area contributed by atoms with Crippen molar-refractivity contribution in [2.45, 2.75) is 6.92 Å². The number of carbonyl (C=O) groups is 1. The number of benzene rings is 1. The zero-order valence-electron chi connectivity index (χ0n) is 11.3. The van der Waals surface area contributed by atoms with Crippen LogP contribution in [0.1, 0.15) is 12.5 Å². The summed E-state index contributed by atoms with van der Waals surface area (Å²) >= 11 is 0. The molecule has 1 heterocycles. The van der Waals surface area contributed by atoms with E-state index in [1.807, 2.05) is 23.1 Å². The zero-order chi connectivity index (χ0) is 12.8. The van der Waals surface area contributed by atoms with Crippen LogP contribution in [0.3, 0.4) is 0 Å². The fourth-order valence-corrected chi connectivity index (χ4v) is 2.15. The largest absolute Gasteiger partial charge is 0.340 e. The topological polar surface area (TPSA) is 23.6 Å². The van der Waals surface area contributed by atoms with Crippen LogP contribution in [0, 0.1) is 0 Å². The molecule has 1 amide bonds. The van der Waals surface area contributed by atoms with E-state index in [4.69, 9.17) is 0 Å². The smallest absolute Gasteiger partial charge is 0.219 e. The lowest BCUT2D eigenvalue weighted by atomic mass is 10.2. The fourth-order valence-electron chi connectivity index (χ4n) is 2.15. The minimum absolute atomic E-state index is 0. The average Bonchev–Trinajstić information content (AvgIpc) is 2.40. The molecule has 1 aliphatic rings. The zero-order valence-corrected chi connectivity index (χ0v) is 12.1. The van der Waals surface area contributed by atoms with Gasteiger partial charge in [-0.15, -0.1) is 12.4 Å². The molecule has 0 atom stereocenters. The van der Waals surface area contributed by atoms with Crippen molar-refractivity contribution in [3.05, 3.63) is 42.0 Å². The molecule has 1 fully saturated rings. The molecule has 3 nitrogen and oxygen atoms in total. The second-order valence-electron chi connectivity index (χ2n) is 4.62. The molecule has 0 N–H and O–H groups in total. The normalized spacial score (nSPS) is 16.4. The highest BCUT2D eigenvalue weighted by Gasteiger charge is 2.16. The van der Waals surface area contributed by atoms with Gasteiger partial charge in [-0.25, -0.2) is 0 Å². The molecule has 0 radical (unpaired) electrons. The number of halogens is 1. The number of nitrogens with zero attached hydrogens (tertiary/aromatic N) is 2. The van der Waals surface area contributed by atoms with E-state index in [-0.39, 0.29) is 18.3 Å². The van der Waals surface area contributed by atoms with Gasteiger partial charge in [-0.2, -0.15) is 0 Å². The molecule has 2 rings (SSSR count). The van der Waals surface area contributed by atoms with E-state index in [9.17, 15) is 4.79 Å². The van der Waals surface area contributed by atoms with E-state index in [0.29, 0.717) is 0 Å². The Hall–Kier alpha value is -1.32. The Morgan fingerprint density at radius 2 is 1.79 bits per heavy atom. The molecule has 1 saturated heterocycles. The summed E-state index contributed by atoms with van der Waals surface area (Å²) in [5.41, 5.74) is 1.24. The molecule has 4 heteroatoms. The van der Waals surface area contributed by atoms with Gasteiger partial charge in [0.1, 0.15) is 0 Å². The predicted octanol–water partition coefficient (Wildman–Crippen LogP) is 2.29. The summed E-state index contributed by atoms with van der Waals surface area (Å²) in [6.07, 6.45) is 4.34. The van der Waals surface area contributed by atoms with Crippen LogP contribution in [-0.4, -0.2) is 48.4 Å². The van der Waals surface area contributed by atoms with Gasteiger partial charge in [0, 0.05) is 39.6 Å². The van der Waals surface area contributed by atoms with Gasteiger partial charge in [-0.05, 0) is 5.56 Å². The molecule has 1 aliphatic heterocycles. The fraction of sp³-hybridized carbons (Fsp3) is 0.400. The first kappa shape index (κ1) is 15.7. The minimum atomic E-state index is 0. The number of hydrogen-bond acceptors (Lipinski definition) is 2. The monoisotopic (exact) mass is 280 g/mol. The van der Waals surface area contributed by atoms with E-state index < -0.39 is 0 Å². The molecule has 19 heavy (non-hydrogen) atoms. The third kappa shape index (κ3) is 5.05. The Bertz CT molecular complexity index is 411. The van der Waals surface area contributed by atoms with E-state index in [1.54, 1.807) is 6.92 Å². The van der Waals surface area contributed by atoms with Crippen molar-refractivity contribution in [3.63, 3.8) is 0 Å². The van der Waals surface area contributed by atoms with Crippen LogP contribution in [-0.2, 0) is 4.79 Å². The van der Waals surface area contributed by atoms with Crippen LogP contribution in [0.15, 0.2) is 36.4 Å². The van der Waals surface area contributed by atoms with E-state index >= 15 is 0 Å². The van der Waals surface area contributed by atoms with E-state index in [0.717, 1.165) is 32.7 Å². The molecule has 0 saturated carbocycles. The van der Waals surface area contributed by atoms with E-state index in [1.165, 1.54) is 5.56 Å². The second kappa shape index (κ2) is 7.97. The molecule has 0 unspecified atom stereocenters. The summed E-state index contributed by atoms with van der Waals surface area (Å²) in [4.78, 5) is 15.5. The summed E-state index contributed by atoms with van der Waals surface area (Å²) in [5.74, 6) is 0.189. The molecule has 1 aromatic rings.